The van der Waals surface area contributed by atoms with Crippen LogP contribution >= 0.6 is 0 Å². The Bertz CT molecular complexity index is 759. The van der Waals surface area contributed by atoms with E-state index in [0.29, 0.717) is 11.3 Å². The molecule has 0 fully saturated rings. The maximum atomic E-state index is 11.9. The van der Waals surface area contributed by atoms with E-state index in [1.807, 2.05) is 18.2 Å². The third-order valence-electron chi connectivity index (χ3n) is 3.66. The van der Waals surface area contributed by atoms with Crippen LogP contribution in [0.25, 0.3) is 0 Å². The second-order valence-electron chi connectivity index (χ2n) is 5.49. The van der Waals surface area contributed by atoms with Gasteiger partial charge in [0.15, 0.2) is 0 Å². The number of nitrogens with one attached hydrogen (secondary N) is 2. The van der Waals surface area contributed by atoms with Crippen molar-refractivity contribution in [2.45, 2.75) is 12.5 Å². The first kappa shape index (κ1) is 19.1. The molecule has 2 amide bonds. The average molecular weight is 356 g/mol. The molecular weight excluding hydrogens is 336 g/mol. The van der Waals surface area contributed by atoms with Crippen molar-refractivity contribution in [2.75, 3.05) is 19.0 Å². The Morgan fingerprint density at radius 3 is 2.27 bits per heavy atom. The largest absolute Gasteiger partial charge is 0.465 e. The number of aliphatic hydroxyl groups is 1. The smallest absolute Gasteiger partial charge is 0.337 e. The van der Waals surface area contributed by atoms with Gasteiger partial charge in [-0.1, -0.05) is 30.3 Å². The monoisotopic (exact) mass is 356 g/mol. The normalized spacial score (nSPS) is 11.3. The summed E-state index contributed by atoms with van der Waals surface area (Å²) in [6.07, 6.45) is -0.429. The summed E-state index contributed by atoms with van der Waals surface area (Å²) in [6.45, 7) is 0.156. The van der Waals surface area contributed by atoms with Gasteiger partial charge in [-0.05, 0) is 36.2 Å². The summed E-state index contributed by atoms with van der Waals surface area (Å²) in [5.41, 5.74) is 1.46. The van der Waals surface area contributed by atoms with E-state index in [-0.39, 0.29) is 13.0 Å². The van der Waals surface area contributed by atoms with Gasteiger partial charge in [-0.2, -0.15) is 0 Å². The van der Waals surface area contributed by atoms with Gasteiger partial charge in [0.05, 0.1) is 18.8 Å². The summed E-state index contributed by atoms with van der Waals surface area (Å²) < 4.78 is 4.58. The molecule has 0 saturated heterocycles. The zero-order valence-corrected chi connectivity index (χ0v) is 14.3. The Hall–Kier alpha value is -3.19. The molecule has 3 N–H and O–H groups in total. The van der Waals surface area contributed by atoms with E-state index < -0.39 is 23.9 Å². The SMILES string of the molecule is COC(=O)c1ccc(NC(=O)C(=O)NCCC(O)c2ccccc2)cc1. The fourth-order valence-corrected chi connectivity index (χ4v) is 2.24. The van der Waals surface area contributed by atoms with E-state index in [2.05, 4.69) is 15.4 Å². The molecule has 2 aromatic carbocycles. The highest BCUT2D eigenvalue weighted by Gasteiger charge is 2.15. The highest BCUT2D eigenvalue weighted by Crippen LogP contribution is 2.15. The van der Waals surface area contributed by atoms with Crippen LogP contribution in [0.15, 0.2) is 54.6 Å². The molecule has 0 aliphatic rings. The summed E-state index contributed by atoms with van der Waals surface area (Å²) in [7, 11) is 1.27. The minimum absolute atomic E-state index is 0.156. The Balaban J connectivity index is 1.78. The molecule has 0 heterocycles. The van der Waals surface area contributed by atoms with Gasteiger partial charge in [-0.3, -0.25) is 9.59 Å². The first-order valence-electron chi connectivity index (χ1n) is 8.02. The van der Waals surface area contributed by atoms with Crippen molar-refractivity contribution in [1.29, 1.82) is 0 Å². The van der Waals surface area contributed by atoms with E-state index in [4.69, 9.17) is 0 Å². The summed E-state index contributed by atoms with van der Waals surface area (Å²) in [5.74, 6) is -2.12. The van der Waals surface area contributed by atoms with Crippen molar-refractivity contribution in [3.63, 3.8) is 0 Å². The van der Waals surface area contributed by atoms with Crippen LogP contribution in [-0.4, -0.2) is 36.5 Å². The fourth-order valence-electron chi connectivity index (χ4n) is 2.24. The van der Waals surface area contributed by atoms with Crippen molar-refractivity contribution >= 4 is 23.5 Å². The number of aliphatic hydroxyl groups excluding tert-OH is 1. The number of methoxy groups -OCH3 is 1. The molecule has 0 spiro atoms. The highest BCUT2D eigenvalue weighted by molar-refractivity contribution is 6.39. The third-order valence-corrected chi connectivity index (χ3v) is 3.66. The number of benzene rings is 2. The molecule has 2 aromatic rings. The van der Waals surface area contributed by atoms with Crippen molar-refractivity contribution in [3.05, 3.63) is 65.7 Å². The molecule has 0 aliphatic carbocycles. The molecule has 7 nitrogen and oxygen atoms in total. The van der Waals surface area contributed by atoms with Crippen LogP contribution in [0.3, 0.4) is 0 Å². The predicted octanol–water partition coefficient (Wildman–Crippen LogP) is 1.65. The van der Waals surface area contributed by atoms with Gasteiger partial charge in [-0.25, -0.2) is 4.79 Å². The van der Waals surface area contributed by atoms with Crippen LogP contribution in [0.4, 0.5) is 5.69 Å². The van der Waals surface area contributed by atoms with Crippen molar-refractivity contribution in [3.8, 4) is 0 Å². The number of rotatable bonds is 6. The summed E-state index contributed by atoms with van der Waals surface area (Å²) in [4.78, 5) is 35.0. The first-order valence-corrected chi connectivity index (χ1v) is 8.02. The molecular formula is C19H20N2O5. The van der Waals surface area contributed by atoms with Crippen LogP contribution in [-0.2, 0) is 14.3 Å². The van der Waals surface area contributed by atoms with Gasteiger partial charge in [0, 0.05) is 12.2 Å². The maximum absolute atomic E-state index is 11.9. The van der Waals surface area contributed by atoms with Crippen molar-refractivity contribution < 1.29 is 24.2 Å². The lowest BCUT2D eigenvalue weighted by molar-refractivity contribution is -0.136. The van der Waals surface area contributed by atoms with Crippen LogP contribution < -0.4 is 10.6 Å². The van der Waals surface area contributed by atoms with E-state index in [0.717, 1.165) is 5.56 Å². The number of hydrogen-bond donors (Lipinski definition) is 3. The highest BCUT2D eigenvalue weighted by atomic mass is 16.5. The minimum Gasteiger partial charge on any atom is -0.465 e. The van der Waals surface area contributed by atoms with E-state index >= 15 is 0 Å². The molecule has 136 valence electrons. The number of amides is 2. The summed E-state index contributed by atoms with van der Waals surface area (Å²) >= 11 is 0. The number of carbonyl (C=O) groups is 3. The van der Waals surface area contributed by atoms with Gasteiger partial charge >= 0.3 is 17.8 Å². The van der Waals surface area contributed by atoms with Crippen molar-refractivity contribution in [1.82, 2.24) is 5.32 Å². The average Bonchev–Trinajstić information content (AvgIpc) is 2.68. The number of hydrogen-bond acceptors (Lipinski definition) is 5. The molecule has 0 aromatic heterocycles. The molecule has 0 aliphatic heterocycles. The van der Waals surface area contributed by atoms with E-state index in [9.17, 15) is 19.5 Å². The first-order chi connectivity index (χ1) is 12.5. The quantitative estimate of drug-likeness (QED) is 0.539. The summed E-state index contributed by atoms with van der Waals surface area (Å²) in [6, 6.07) is 15.0. The molecule has 26 heavy (non-hydrogen) atoms. The van der Waals surface area contributed by atoms with Gasteiger partial charge < -0.3 is 20.5 Å². The van der Waals surface area contributed by atoms with Crippen molar-refractivity contribution in [2.24, 2.45) is 0 Å². The Labute approximate surface area is 151 Å². The second-order valence-corrected chi connectivity index (χ2v) is 5.49. The third kappa shape index (κ3) is 5.42. The number of carbonyl (C=O) groups excluding carboxylic acids is 3. The zero-order valence-electron chi connectivity index (χ0n) is 14.3. The Morgan fingerprint density at radius 2 is 1.65 bits per heavy atom. The van der Waals surface area contributed by atoms with Crippen LogP contribution in [0.1, 0.15) is 28.4 Å². The van der Waals surface area contributed by atoms with Crippen LogP contribution in [0, 0.1) is 0 Å². The van der Waals surface area contributed by atoms with Gasteiger partial charge in [0.1, 0.15) is 0 Å². The number of esters is 1. The Morgan fingerprint density at radius 1 is 1.00 bits per heavy atom. The lowest BCUT2D eigenvalue weighted by Crippen LogP contribution is -2.36. The van der Waals surface area contributed by atoms with Gasteiger partial charge in [0.2, 0.25) is 0 Å². The number of ether oxygens (including phenoxy) is 1. The minimum atomic E-state index is -0.829. The summed E-state index contributed by atoms with van der Waals surface area (Å²) in [5, 5.41) is 14.9. The lowest BCUT2D eigenvalue weighted by atomic mass is 10.1. The molecule has 1 unspecified atom stereocenters. The molecule has 0 saturated carbocycles. The second kappa shape index (κ2) is 9.33. The number of anilines is 1. The lowest BCUT2D eigenvalue weighted by Gasteiger charge is -2.11. The molecule has 0 bridgehead atoms. The molecule has 2 rings (SSSR count). The van der Waals surface area contributed by atoms with Gasteiger partial charge in [-0.15, -0.1) is 0 Å². The maximum Gasteiger partial charge on any atom is 0.337 e. The van der Waals surface area contributed by atoms with E-state index in [1.54, 1.807) is 12.1 Å². The fraction of sp³-hybridized carbons (Fsp3) is 0.211. The van der Waals surface area contributed by atoms with Gasteiger partial charge in [0.25, 0.3) is 0 Å². The molecule has 1 atom stereocenters. The standard InChI is InChI=1S/C19H20N2O5/c1-26-19(25)14-7-9-15(10-8-14)21-18(24)17(23)20-12-11-16(22)13-5-3-2-4-6-13/h2-10,16,22H,11-12H2,1H3,(H,20,23)(H,21,24). The Kier molecular flexibility index (Phi) is 6.87. The van der Waals surface area contributed by atoms with Crippen LogP contribution in [0.2, 0.25) is 0 Å². The van der Waals surface area contributed by atoms with Crippen LogP contribution in [0.5, 0.6) is 0 Å². The zero-order chi connectivity index (χ0) is 18.9. The molecule has 7 heteroatoms. The van der Waals surface area contributed by atoms with E-state index in [1.165, 1.54) is 31.4 Å². The molecule has 0 radical (unpaired) electrons. The topological polar surface area (TPSA) is 105 Å². The predicted molar refractivity (Wildman–Crippen MR) is 95.4 cm³/mol.